The van der Waals surface area contributed by atoms with Crippen molar-refractivity contribution < 1.29 is 4.39 Å². The van der Waals surface area contributed by atoms with E-state index in [1.165, 1.54) is 0 Å². The highest BCUT2D eigenvalue weighted by Gasteiger charge is 2.02. The SMILES string of the molecule is CC.Cn1ccc2cc(F)c(P)cc21. The third-order valence-corrected chi connectivity index (χ3v) is 2.45. The lowest BCUT2D eigenvalue weighted by Gasteiger charge is -1.98. The molecule has 1 unspecified atom stereocenters. The number of fused-ring (bicyclic) bond motifs is 1. The predicted molar refractivity (Wildman–Crippen MR) is 63.6 cm³/mol. The normalized spacial score (nSPS) is 9.79. The molecule has 2 aromatic rings. The van der Waals surface area contributed by atoms with Gasteiger partial charge in [-0.1, -0.05) is 13.8 Å². The first-order valence-electron chi connectivity index (χ1n) is 4.68. The highest BCUT2D eigenvalue weighted by Crippen LogP contribution is 2.15. The van der Waals surface area contributed by atoms with Gasteiger partial charge in [0.05, 0.1) is 0 Å². The lowest BCUT2D eigenvalue weighted by molar-refractivity contribution is 0.638. The van der Waals surface area contributed by atoms with Crippen LogP contribution in [0.5, 0.6) is 0 Å². The van der Waals surface area contributed by atoms with Crippen LogP contribution in [0, 0.1) is 5.82 Å². The molecule has 0 amide bonds. The first kappa shape index (κ1) is 11.2. The van der Waals surface area contributed by atoms with Gasteiger partial charge in [-0.05, 0) is 18.2 Å². The van der Waals surface area contributed by atoms with Crippen molar-refractivity contribution in [2.75, 3.05) is 0 Å². The zero-order valence-corrected chi connectivity index (χ0v) is 9.87. The summed E-state index contributed by atoms with van der Waals surface area (Å²) in [5.41, 5.74) is 1.06. The Morgan fingerprint density at radius 3 is 2.57 bits per heavy atom. The molecule has 1 nitrogen and oxygen atoms in total. The smallest absolute Gasteiger partial charge is 0.131 e. The van der Waals surface area contributed by atoms with Crippen molar-refractivity contribution in [2.24, 2.45) is 7.05 Å². The standard InChI is InChI=1S/C9H9FNP.C2H6/c1-11-3-2-6-4-7(10)9(12)5-8(6)11;1-2/h2-5H,12H2,1H3;1-2H3. The molecule has 0 saturated heterocycles. The number of benzene rings is 1. The van der Waals surface area contributed by atoms with E-state index >= 15 is 0 Å². The van der Waals surface area contributed by atoms with E-state index < -0.39 is 0 Å². The Labute approximate surface area is 86.1 Å². The minimum Gasteiger partial charge on any atom is -0.351 e. The Kier molecular flexibility index (Phi) is 3.65. The van der Waals surface area contributed by atoms with Gasteiger partial charge in [-0.3, -0.25) is 0 Å². The second-order valence-corrected chi connectivity index (χ2v) is 3.48. The first-order chi connectivity index (χ1) is 6.68. The molecular weight excluding hydrogens is 196 g/mol. The van der Waals surface area contributed by atoms with Crippen LogP contribution in [0.15, 0.2) is 24.4 Å². The zero-order chi connectivity index (χ0) is 10.7. The van der Waals surface area contributed by atoms with Crippen LogP contribution < -0.4 is 5.30 Å². The largest absolute Gasteiger partial charge is 0.351 e. The Hall–Kier alpha value is -0.880. The number of rotatable bonds is 0. The summed E-state index contributed by atoms with van der Waals surface area (Å²) in [6, 6.07) is 5.29. The molecule has 0 N–H and O–H groups in total. The van der Waals surface area contributed by atoms with E-state index in [1.54, 1.807) is 6.07 Å². The molecule has 1 aromatic carbocycles. The molecule has 3 heteroatoms. The van der Waals surface area contributed by atoms with Crippen molar-refractivity contribution in [2.45, 2.75) is 13.8 Å². The number of aromatic nitrogens is 1. The van der Waals surface area contributed by atoms with Gasteiger partial charge in [0.1, 0.15) is 5.82 Å². The predicted octanol–water partition coefficient (Wildman–Crippen LogP) is 2.84. The molecule has 14 heavy (non-hydrogen) atoms. The maximum absolute atomic E-state index is 13.0. The van der Waals surface area contributed by atoms with Crippen molar-refractivity contribution >= 4 is 25.4 Å². The van der Waals surface area contributed by atoms with E-state index in [9.17, 15) is 4.39 Å². The van der Waals surface area contributed by atoms with Gasteiger partial charge in [-0.15, -0.1) is 9.24 Å². The summed E-state index contributed by atoms with van der Waals surface area (Å²) in [5, 5.41) is 1.56. The van der Waals surface area contributed by atoms with Crippen molar-refractivity contribution in [3.05, 3.63) is 30.2 Å². The molecule has 0 radical (unpaired) electrons. The van der Waals surface area contributed by atoms with Gasteiger partial charge >= 0.3 is 0 Å². The van der Waals surface area contributed by atoms with Crippen LogP contribution in [-0.2, 0) is 7.05 Å². The van der Waals surface area contributed by atoms with Gasteiger partial charge in [0.2, 0.25) is 0 Å². The topological polar surface area (TPSA) is 4.93 Å². The molecule has 0 fully saturated rings. The number of hydrogen-bond acceptors (Lipinski definition) is 0. The maximum atomic E-state index is 13.0. The molecule has 76 valence electrons. The van der Waals surface area contributed by atoms with Crippen molar-refractivity contribution in [3.8, 4) is 0 Å². The van der Waals surface area contributed by atoms with E-state index in [2.05, 4.69) is 9.24 Å². The summed E-state index contributed by atoms with van der Waals surface area (Å²) in [5.74, 6) is -0.168. The van der Waals surface area contributed by atoms with Crippen molar-refractivity contribution in [1.29, 1.82) is 0 Å². The summed E-state index contributed by atoms with van der Waals surface area (Å²) < 4.78 is 15.0. The first-order valence-corrected chi connectivity index (χ1v) is 5.26. The average Bonchev–Trinajstić information content (AvgIpc) is 2.53. The number of hydrogen-bond donors (Lipinski definition) is 0. The Morgan fingerprint density at radius 2 is 1.93 bits per heavy atom. The minimum atomic E-state index is -0.168. The Bertz CT molecular complexity index is 434. The van der Waals surface area contributed by atoms with E-state index in [0.717, 1.165) is 10.9 Å². The molecule has 0 aliphatic carbocycles. The van der Waals surface area contributed by atoms with E-state index in [1.807, 2.05) is 43.8 Å². The molecule has 1 aromatic heterocycles. The molecule has 0 saturated carbocycles. The summed E-state index contributed by atoms with van der Waals surface area (Å²) in [7, 11) is 4.34. The van der Waals surface area contributed by atoms with Crippen LogP contribution in [0.25, 0.3) is 10.9 Å². The molecular formula is C11H15FNP. The quantitative estimate of drug-likeness (QED) is 0.590. The summed E-state index contributed by atoms with van der Waals surface area (Å²) in [6.07, 6.45) is 1.92. The van der Waals surface area contributed by atoms with Gasteiger partial charge in [-0.25, -0.2) is 4.39 Å². The molecule has 0 aliphatic heterocycles. The Morgan fingerprint density at radius 1 is 1.29 bits per heavy atom. The van der Waals surface area contributed by atoms with Crippen LogP contribution >= 0.6 is 9.24 Å². The molecule has 0 bridgehead atoms. The lowest BCUT2D eigenvalue weighted by Crippen LogP contribution is -1.98. The van der Waals surface area contributed by atoms with Gasteiger partial charge in [-0.2, -0.15) is 0 Å². The number of aryl methyl sites for hydroxylation is 1. The lowest BCUT2D eigenvalue weighted by atomic mass is 10.2. The summed E-state index contributed by atoms with van der Waals surface area (Å²) in [4.78, 5) is 0. The molecule has 1 heterocycles. The third kappa shape index (κ3) is 1.96. The van der Waals surface area contributed by atoms with Gasteiger partial charge in [0.25, 0.3) is 0 Å². The fraction of sp³-hybridized carbons (Fsp3) is 0.273. The van der Waals surface area contributed by atoms with E-state index in [4.69, 9.17) is 0 Å². The van der Waals surface area contributed by atoms with Crippen LogP contribution in [0.3, 0.4) is 0 Å². The number of nitrogens with zero attached hydrogens (tertiary/aromatic N) is 1. The minimum absolute atomic E-state index is 0.168. The van der Waals surface area contributed by atoms with E-state index in [0.29, 0.717) is 5.30 Å². The average molecular weight is 211 g/mol. The highest BCUT2D eigenvalue weighted by atomic mass is 31.0. The van der Waals surface area contributed by atoms with E-state index in [-0.39, 0.29) is 5.82 Å². The van der Waals surface area contributed by atoms with Gasteiger partial charge < -0.3 is 4.57 Å². The van der Waals surface area contributed by atoms with Crippen LogP contribution in [-0.4, -0.2) is 4.57 Å². The third-order valence-electron chi connectivity index (χ3n) is 2.00. The van der Waals surface area contributed by atoms with Gasteiger partial charge in [0, 0.05) is 29.5 Å². The highest BCUT2D eigenvalue weighted by molar-refractivity contribution is 7.27. The summed E-state index contributed by atoms with van der Waals surface area (Å²) >= 11 is 0. The second-order valence-electron chi connectivity index (χ2n) is 2.86. The second kappa shape index (κ2) is 4.56. The zero-order valence-electron chi connectivity index (χ0n) is 8.71. The van der Waals surface area contributed by atoms with Crippen LogP contribution in [0.1, 0.15) is 13.8 Å². The molecule has 1 atom stereocenters. The molecule has 0 spiro atoms. The fourth-order valence-electron chi connectivity index (χ4n) is 1.30. The monoisotopic (exact) mass is 211 g/mol. The van der Waals surface area contributed by atoms with Crippen LogP contribution in [0.2, 0.25) is 0 Å². The van der Waals surface area contributed by atoms with Crippen molar-refractivity contribution in [3.63, 3.8) is 0 Å². The molecule has 2 rings (SSSR count). The van der Waals surface area contributed by atoms with Gasteiger partial charge in [0.15, 0.2) is 0 Å². The summed E-state index contributed by atoms with van der Waals surface area (Å²) in [6.45, 7) is 4.00. The Balaban J connectivity index is 0.000000461. The van der Waals surface area contributed by atoms with Crippen molar-refractivity contribution in [1.82, 2.24) is 4.57 Å². The maximum Gasteiger partial charge on any atom is 0.131 e. The molecule has 0 aliphatic rings. The number of halogens is 1. The van der Waals surface area contributed by atoms with Crippen LogP contribution in [0.4, 0.5) is 4.39 Å². The fourth-order valence-corrected chi connectivity index (χ4v) is 1.55.